The Hall–Kier alpha value is -3.21. The molecule has 1 fully saturated rings. The van der Waals surface area contributed by atoms with Gasteiger partial charge in [0.2, 0.25) is 5.91 Å². The maximum Gasteiger partial charge on any atom is 0.230 e. The molecule has 5 rings (SSSR count). The first kappa shape index (κ1) is 18.8. The molecule has 0 unspecified atom stereocenters. The normalized spacial score (nSPS) is 16.6. The average molecular weight is 402 g/mol. The summed E-state index contributed by atoms with van der Waals surface area (Å²) in [4.78, 5) is 18.0. The summed E-state index contributed by atoms with van der Waals surface area (Å²) in [7, 11) is 1.71. The van der Waals surface area contributed by atoms with Crippen LogP contribution in [0.1, 0.15) is 24.1 Å². The lowest BCUT2D eigenvalue weighted by Crippen LogP contribution is -2.42. The summed E-state index contributed by atoms with van der Waals surface area (Å²) in [5.41, 5.74) is 4.56. The molecule has 0 radical (unpaired) electrons. The van der Waals surface area contributed by atoms with Crippen LogP contribution in [0.2, 0.25) is 0 Å². The molecule has 3 heterocycles. The Morgan fingerprint density at radius 2 is 1.63 bits per heavy atom. The molecule has 0 bridgehead atoms. The number of carbonyl (C=O) groups excluding carboxylic acids is 1. The number of ether oxygens (including phenoxy) is 1. The van der Waals surface area contributed by atoms with Crippen molar-refractivity contribution in [2.45, 2.75) is 25.9 Å². The summed E-state index contributed by atoms with van der Waals surface area (Å²) in [5, 5.41) is 0. The van der Waals surface area contributed by atoms with Crippen molar-refractivity contribution in [3.05, 3.63) is 78.1 Å². The van der Waals surface area contributed by atoms with Crippen LogP contribution in [0.15, 0.2) is 66.9 Å². The molecule has 0 spiro atoms. The van der Waals surface area contributed by atoms with Gasteiger partial charge in [-0.15, -0.1) is 0 Å². The Kier molecular flexibility index (Phi) is 4.95. The maximum atomic E-state index is 13.6. The number of nitrogens with zero attached hydrogens (tertiary/aromatic N) is 3. The van der Waals surface area contributed by atoms with E-state index in [2.05, 4.69) is 52.1 Å². The van der Waals surface area contributed by atoms with Crippen molar-refractivity contribution in [3.63, 3.8) is 0 Å². The number of benzene rings is 2. The van der Waals surface area contributed by atoms with E-state index in [0.29, 0.717) is 6.54 Å². The molecule has 154 valence electrons. The Labute approximate surface area is 177 Å². The Morgan fingerprint density at radius 3 is 2.43 bits per heavy atom. The number of fused-ring (bicyclic) bond motifs is 2. The number of anilines is 2. The first-order valence-corrected chi connectivity index (χ1v) is 10.7. The van der Waals surface area contributed by atoms with Crippen LogP contribution in [-0.2, 0) is 17.9 Å². The smallest absolute Gasteiger partial charge is 0.230 e. The Morgan fingerprint density at radius 1 is 0.900 bits per heavy atom. The summed E-state index contributed by atoms with van der Waals surface area (Å²) in [5.74, 6) is 1.19. The molecule has 0 saturated carbocycles. The summed E-state index contributed by atoms with van der Waals surface area (Å²) < 4.78 is 7.77. The van der Waals surface area contributed by atoms with E-state index in [4.69, 9.17) is 4.74 Å². The first-order valence-electron chi connectivity index (χ1n) is 10.7. The van der Waals surface area contributed by atoms with E-state index in [1.807, 2.05) is 29.2 Å². The lowest BCUT2D eigenvalue weighted by atomic mass is 9.94. The SMILES string of the molecule is COc1ccccc1N1CCC(C(=O)N2Cc3cccn3Cc3ccccc32)CC1. The fourth-order valence-corrected chi connectivity index (χ4v) is 4.76. The third-order valence-electron chi connectivity index (χ3n) is 6.40. The van der Waals surface area contributed by atoms with E-state index in [9.17, 15) is 4.79 Å². The summed E-state index contributed by atoms with van der Waals surface area (Å²) in [6.07, 6.45) is 3.82. The number of hydrogen-bond donors (Lipinski definition) is 0. The molecule has 3 aromatic rings. The number of amides is 1. The largest absolute Gasteiger partial charge is 0.495 e. The van der Waals surface area contributed by atoms with Gasteiger partial charge in [0.15, 0.2) is 0 Å². The van der Waals surface area contributed by atoms with Crippen LogP contribution in [0.4, 0.5) is 11.4 Å². The van der Waals surface area contributed by atoms with Gasteiger partial charge in [0, 0.05) is 43.1 Å². The predicted molar refractivity (Wildman–Crippen MR) is 119 cm³/mol. The van der Waals surface area contributed by atoms with Crippen LogP contribution in [0, 0.1) is 5.92 Å². The second kappa shape index (κ2) is 7.90. The first-order chi connectivity index (χ1) is 14.7. The molecule has 0 N–H and O–H groups in total. The molecule has 1 saturated heterocycles. The molecule has 5 nitrogen and oxygen atoms in total. The molecule has 2 aliphatic heterocycles. The van der Waals surface area contributed by atoms with Crippen molar-refractivity contribution in [1.82, 2.24) is 4.57 Å². The van der Waals surface area contributed by atoms with Gasteiger partial charge in [0.05, 0.1) is 19.3 Å². The van der Waals surface area contributed by atoms with Crippen molar-refractivity contribution in [1.29, 1.82) is 0 Å². The van der Waals surface area contributed by atoms with Crippen LogP contribution in [0.5, 0.6) is 5.75 Å². The molecule has 1 aromatic heterocycles. The van der Waals surface area contributed by atoms with Crippen molar-refractivity contribution < 1.29 is 9.53 Å². The lowest BCUT2D eigenvalue weighted by molar-refractivity contribution is -0.123. The van der Waals surface area contributed by atoms with Crippen LogP contribution in [-0.4, -0.2) is 30.7 Å². The third-order valence-corrected chi connectivity index (χ3v) is 6.40. The molecule has 2 aromatic carbocycles. The predicted octanol–water partition coefficient (Wildman–Crippen LogP) is 4.31. The van der Waals surface area contributed by atoms with Gasteiger partial charge in [-0.3, -0.25) is 4.79 Å². The fourth-order valence-electron chi connectivity index (χ4n) is 4.76. The number of carbonyl (C=O) groups is 1. The zero-order valence-electron chi connectivity index (χ0n) is 17.3. The van der Waals surface area contributed by atoms with Crippen LogP contribution >= 0.6 is 0 Å². The number of rotatable bonds is 3. The molecule has 5 heteroatoms. The second-order valence-electron chi connectivity index (χ2n) is 8.11. The maximum absolute atomic E-state index is 13.6. The number of hydrogen-bond acceptors (Lipinski definition) is 3. The summed E-state index contributed by atoms with van der Waals surface area (Å²) >= 11 is 0. The summed E-state index contributed by atoms with van der Waals surface area (Å²) in [6.45, 7) is 3.18. The Balaban J connectivity index is 1.35. The minimum absolute atomic E-state index is 0.0468. The lowest BCUT2D eigenvalue weighted by Gasteiger charge is -2.36. The van der Waals surface area contributed by atoms with Crippen molar-refractivity contribution in [2.24, 2.45) is 5.92 Å². The molecule has 0 atom stereocenters. The van der Waals surface area contributed by atoms with Crippen LogP contribution in [0.3, 0.4) is 0 Å². The highest BCUT2D eigenvalue weighted by Crippen LogP contribution is 2.34. The number of aromatic nitrogens is 1. The highest BCUT2D eigenvalue weighted by atomic mass is 16.5. The second-order valence-corrected chi connectivity index (χ2v) is 8.11. The minimum atomic E-state index is 0.0468. The van der Waals surface area contributed by atoms with Gasteiger partial charge >= 0.3 is 0 Å². The van der Waals surface area contributed by atoms with Gasteiger partial charge in [-0.2, -0.15) is 0 Å². The van der Waals surface area contributed by atoms with Crippen LogP contribution in [0.25, 0.3) is 0 Å². The highest BCUT2D eigenvalue weighted by Gasteiger charge is 2.32. The zero-order valence-corrected chi connectivity index (χ0v) is 17.3. The van der Waals surface area contributed by atoms with E-state index in [1.165, 1.54) is 11.3 Å². The third kappa shape index (κ3) is 3.34. The average Bonchev–Trinajstić information content (AvgIpc) is 3.17. The standard InChI is InChI=1S/C25H27N3O2/c1-30-24-11-5-4-10-23(24)26-15-12-19(13-16-26)25(29)28-18-21-8-6-14-27(21)17-20-7-2-3-9-22(20)28/h2-11,14,19H,12-13,15-18H2,1H3. The Bertz CT molecular complexity index is 1050. The monoisotopic (exact) mass is 401 g/mol. The van der Waals surface area contributed by atoms with E-state index < -0.39 is 0 Å². The van der Waals surface area contributed by atoms with Gasteiger partial charge in [0.1, 0.15) is 5.75 Å². The van der Waals surface area contributed by atoms with Crippen LogP contribution < -0.4 is 14.5 Å². The molecular formula is C25H27N3O2. The van der Waals surface area contributed by atoms with Gasteiger partial charge < -0.3 is 19.1 Å². The number of piperidine rings is 1. The zero-order chi connectivity index (χ0) is 20.5. The highest BCUT2D eigenvalue weighted by molar-refractivity contribution is 5.96. The van der Waals surface area contributed by atoms with Gasteiger partial charge in [-0.25, -0.2) is 0 Å². The fraction of sp³-hybridized carbons (Fsp3) is 0.320. The van der Waals surface area contributed by atoms with E-state index in [-0.39, 0.29) is 11.8 Å². The molecule has 0 aliphatic carbocycles. The minimum Gasteiger partial charge on any atom is -0.495 e. The van der Waals surface area contributed by atoms with E-state index >= 15 is 0 Å². The topological polar surface area (TPSA) is 37.7 Å². The van der Waals surface area contributed by atoms with E-state index in [0.717, 1.165) is 49.6 Å². The van der Waals surface area contributed by atoms with E-state index in [1.54, 1.807) is 7.11 Å². The summed E-state index contributed by atoms with van der Waals surface area (Å²) in [6, 6.07) is 20.6. The molecule has 30 heavy (non-hydrogen) atoms. The molecule has 2 aliphatic rings. The van der Waals surface area contributed by atoms with Crippen molar-refractivity contribution >= 4 is 17.3 Å². The van der Waals surface area contributed by atoms with Gasteiger partial charge in [0.25, 0.3) is 0 Å². The van der Waals surface area contributed by atoms with Gasteiger partial charge in [-0.1, -0.05) is 30.3 Å². The van der Waals surface area contributed by atoms with Crippen molar-refractivity contribution in [3.8, 4) is 5.75 Å². The van der Waals surface area contributed by atoms with Gasteiger partial charge in [-0.05, 0) is 48.7 Å². The number of methoxy groups -OCH3 is 1. The quantitative estimate of drug-likeness (QED) is 0.656. The number of para-hydroxylation sites is 3. The molecular weight excluding hydrogens is 374 g/mol. The van der Waals surface area contributed by atoms with Crippen molar-refractivity contribution in [2.75, 3.05) is 30.0 Å². The molecule has 1 amide bonds.